The van der Waals surface area contributed by atoms with E-state index in [0.717, 1.165) is 11.3 Å². The Morgan fingerprint density at radius 2 is 2.00 bits per heavy atom. The Morgan fingerprint density at radius 1 is 1.32 bits per heavy atom. The average Bonchev–Trinajstić information content (AvgIpc) is 3.04. The summed E-state index contributed by atoms with van der Waals surface area (Å²) in [5.41, 5.74) is -2.38. The third-order valence-electron chi connectivity index (χ3n) is 3.63. The second-order valence-electron chi connectivity index (χ2n) is 7.09. The van der Waals surface area contributed by atoms with Crippen LogP contribution in [0.15, 0.2) is 30.3 Å². The second-order valence-corrected chi connectivity index (χ2v) is 13.5. The fourth-order valence-electron chi connectivity index (χ4n) is 2.49. The molecule has 2 rings (SSSR count). The molecule has 10 heteroatoms. The molecule has 1 aromatic carbocycles. The van der Waals surface area contributed by atoms with E-state index in [4.69, 9.17) is 30.3 Å². The number of hydrogen-bond donors (Lipinski definition) is 1. The van der Waals surface area contributed by atoms with Gasteiger partial charge in [-0.2, -0.15) is 0 Å². The highest BCUT2D eigenvalue weighted by Crippen LogP contribution is 2.65. The van der Waals surface area contributed by atoms with Crippen LogP contribution in [0.3, 0.4) is 0 Å². The smallest absolute Gasteiger partial charge is 0.408 e. The first-order valence-corrected chi connectivity index (χ1v) is 13.0. The largest absolute Gasteiger partial charge is 0.467 e. The van der Waals surface area contributed by atoms with Crippen LogP contribution in [-0.2, 0) is 41.5 Å². The Balaban J connectivity index is 2.26. The number of carbonyl (C=O) groups is 2. The van der Waals surface area contributed by atoms with Crippen LogP contribution in [-0.4, -0.2) is 49.3 Å². The van der Waals surface area contributed by atoms with E-state index in [0.29, 0.717) is 13.0 Å². The summed E-state index contributed by atoms with van der Waals surface area (Å²) in [6.07, 6.45) is -1.15. The van der Waals surface area contributed by atoms with Gasteiger partial charge in [-0.25, -0.2) is 9.59 Å². The molecule has 28 heavy (non-hydrogen) atoms. The van der Waals surface area contributed by atoms with Gasteiger partial charge in [-0.05, 0) is 38.1 Å². The number of esters is 1. The number of amides is 1. The molecule has 1 aromatic rings. The summed E-state index contributed by atoms with van der Waals surface area (Å²) < 4.78 is 21.9. The van der Waals surface area contributed by atoms with Crippen LogP contribution in [0.25, 0.3) is 0 Å². The lowest BCUT2D eigenvalue weighted by Crippen LogP contribution is -2.51. The predicted molar refractivity (Wildman–Crippen MR) is 113 cm³/mol. The second kappa shape index (κ2) is 10.1. The van der Waals surface area contributed by atoms with Gasteiger partial charge in [0, 0.05) is 12.2 Å². The third-order valence-corrected chi connectivity index (χ3v) is 8.91. The molecule has 0 radical (unpaired) electrons. The van der Waals surface area contributed by atoms with Gasteiger partial charge >= 0.3 is 12.1 Å². The number of rotatable bonds is 7. The molecule has 0 spiro atoms. The first-order valence-electron chi connectivity index (χ1n) is 8.81. The van der Waals surface area contributed by atoms with Crippen molar-refractivity contribution < 1.29 is 28.1 Å². The van der Waals surface area contributed by atoms with Crippen LogP contribution in [0.2, 0.25) is 0 Å². The monoisotopic (exact) mass is 447 g/mol. The Labute approximate surface area is 174 Å². The van der Waals surface area contributed by atoms with Crippen molar-refractivity contribution in [1.29, 1.82) is 0 Å². The van der Waals surface area contributed by atoms with E-state index in [-0.39, 0.29) is 0 Å². The molecular weight excluding hydrogens is 421 g/mol. The van der Waals surface area contributed by atoms with Gasteiger partial charge in [0.25, 0.3) is 0 Å². The van der Waals surface area contributed by atoms with Crippen LogP contribution in [0.4, 0.5) is 4.79 Å². The van der Waals surface area contributed by atoms with E-state index in [2.05, 4.69) is 5.32 Å². The summed E-state index contributed by atoms with van der Waals surface area (Å²) in [5.74, 6) is 0.0927. The Bertz CT molecular complexity index is 715. The van der Waals surface area contributed by atoms with Gasteiger partial charge in [-0.3, -0.25) is 0 Å². The van der Waals surface area contributed by atoms with Gasteiger partial charge in [-0.15, -0.1) is 0 Å². The average molecular weight is 448 g/mol. The molecule has 0 aliphatic carbocycles. The SMILES string of the molecule is COC(=O)[C@@H](NC(=O)OC(C)(C)C)C(Cc1ccccc1)OP1(=S)OCCS1. The van der Waals surface area contributed by atoms with E-state index >= 15 is 0 Å². The Hall–Kier alpha value is -1.12. The van der Waals surface area contributed by atoms with Crippen LogP contribution in [0, 0.1) is 0 Å². The number of benzene rings is 1. The van der Waals surface area contributed by atoms with Crippen LogP contribution >= 0.6 is 17.1 Å². The fourth-order valence-corrected chi connectivity index (χ4v) is 7.12. The van der Waals surface area contributed by atoms with Crippen molar-refractivity contribution >= 4 is 40.9 Å². The summed E-state index contributed by atoms with van der Waals surface area (Å²) in [6, 6.07) is 8.41. The number of carbonyl (C=O) groups excluding carboxylic acids is 2. The molecule has 1 heterocycles. The lowest BCUT2D eigenvalue weighted by atomic mass is 10.0. The maximum Gasteiger partial charge on any atom is 0.408 e. The van der Waals surface area contributed by atoms with Gasteiger partial charge in [0.05, 0.1) is 13.7 Å². The summed E-state index contributed by atoms with van der Waals surface area (Å²) in [6.45, 7) is 5.72. The molecule has 0 aromatic heterocycles. The summed E-state index contributed by atoms with van der Waals surface area (Å²) >= 11 is 6.97. The minimum absolute atomic E-state index is 0.346. The molecule has 156 valence electrons. The van der Waals surface area contributed by atoms with Gasteiger partial charge in [0.15, 0.2) is 6.04 Å². The number of nitrogens with one attached hydrogen (secondary N) is 1. The van der Waals surface area contributed by atoms with Crippen molar-refractivity contribution in [2.75, 3.05) is 19.5 Å². The minimum atomic E-state index is -2.60. The van der Waals surface area contributed by atoms with Crippen LogP contribution in [0.5, 0.6) is 0 Å². The molecule has 0 saturated carbocycles. The molecule has 3 atom stereocenters. The molecule has 7 nitrogen and oxygen atoms in total. The maximum atomic E-state index is 12.5. The van der Waals surface area contributed by atoms with E-state index in [9.17, 15) is 9.59 Å². The number of alkyl carbamates (subject to hydrolysis) is 1. The fraction of sp³-hybridized carbons (Fsp3) is 0.556. The Morgan fingerprint density at radius 3 is 2.54 bits per heavy atom. The first-order chi connectivity index (χ1) is 13.1. The highest BCUT2D eigenvalue weighted by atomic mass is 32.9. The van der Waals surface area contributed by atoms with E-state index in [1.54, 1.807) is 20.8 Å². The zero-order valence-electron chi connectivity index (χ0n) is 16.4. The quantitative estimate of drug-likeness (QED) is 0.501. The van der Waals surface area contributed by atoms with Gasteiger partial charge in [-0.1, -0.05) is 41.7 Å². The van der Waals surface area contributed by atoms with Crippen LogP contribution in [0.1, 0.15) is 26.3 Å². The Kier molecular flexibility index (Phi) is 8.33. The van der Waals surface area contributed by atoms with Crippen molar-refractivity contribution in [2.45, 2.75) is 44.9 Å². The lowest BCUT2D eigenvalue weighted by molar-refractivity contribution is -0.145. The maximum absolute atomic E-state index is 12.5. The number of ether oxygens (including phenoxy) is 2. The third kappa shape index (κ3) is 7.37. The topological polar surface area (TPSA) is 83.1 Å². The zero-order valence-corrected chi connectivity index (χ0v) is 18.9. The van der Waals surface area contributed by atoms with E-state index < -0.39 is 35.5 Å². The zero-order chi connectivity index (χ0) is 20.8. The number of methoxy groups -OCH3 is 1. The minimum Gasteiger partial charge on any atom is -0.467 e. The van der Waals surface area contributed by atoms with Gasteiger partial charge in [0.2, 0.25) is 5.69 Å². The highest BCUT2D eigenvalue weighted by Gasteiger charge is 2.38. The summed E-state index contributed by atoms with van der Waals surface area (Å²) in [7, 11) is 1.26. The van der Waals surface area contributed by atoms with Gasteiger partial charge < -0.3 is 23.8 Å². The molecule has 0 bridgehead atoms. The van der Waals surface area contributed by atoms with Crippen molar-refractivity contribution in [3.05, 3.63) is 35.9 Å². The molecule has 1 amide bonds. The summed E-state index contributed by atoms with van der Waals surface area (Å²) in [4.78, 5) is 24.8. The first kappa shape index (κ1) is 23.2. The number of hydrogen-bond acceptors (Lipinski definition) is 8. The standard InChI is InChI=1S/C18H26NO6PS2/c1-18(2,3)24-17(21)19-15(16(20)22-4)14(12-13-8-6-5-7-9-13)25-26(27)23-10-11-28-26/h5-9,14-15H,10-12H2,1-4H3,(H,19,21)/t14?,15-,26?/m0/s1. The van der Waals surface area contributed by atoms with Crippen molar-refractivity contribution in [1.82, 2.24) is 5.32 Å². The molecule has 1 saturated heterocycles. The highest BCUT2D eigenvalue weighted by molar-refractivity contribution is 8.68. The van der Waals surface area contributed by atoms with Crippen molar-refractivity contribution in [3.63, 3.8) is 0 Å². The molecule has 1 fully saturated rings. The molecular formula is C18H26NO6PS2. The summed E-state index contributed by atoms with van der Waals surface area (Å²) in [5, 5.41) is 2.58. The van der Waals surface area contributed by atoms with Crippen LogP contribution < -0.4 is 5.32 Å². The van der Waals surface area contributed by atoms with E-state index in [1.807, 2.05) is 30.3 Å². The predicted octanol–water partition coefficient (Wildman–Crippen LogP) is 3.67. The molecule has 1 N–H and O–H groups in total. The van der Waals surface area contributed by atoms with Crippen molar-refractivity contribution in [2.24, 2.45) is 0 Å². The molecule has 2 unspecified atom stereocenters. The van der Waals surface area contributed by atoms with Gasteiger partial charge in [0.1, 0.15) is 11.7 Å². The molecule has 1 aliphatic rings. The molecule has 1 aliphatic heterocycles. The van der Waals surface area contributed by atoms with Crippen molar-refractivity contribution in [3.8, 4) is 0 Å². The van der Waals surface area contributed by atoms with E-state index in [1.165, 1.54) is 18.5 Å². The normalized spacial score (nSPS) is 21.6. The lowest BCUT2D eigenvalue weighted by Gasteiger charge is -2.30.